The summed E-state index contributed by atoms with van der Waals surface area (Å²) in [7, 11) is 5.80. The number of nitrogens with one attached hydrogen (secondary N) is 2. The van der Waals surface area contributed by atoms with Crippen molar-refractivity contribution in [2.45, 2.75) is 6.54 Å². The van der Waals surface area contributed by atoms with Crippen LogP contribution in [0.2, 0.25) is 0 Å². The van der Waals surface area contributed by atoms with E-state index in [2.05, 4.69) is 20.6 Å². The number of carbonyl (C=O) groups is 1. The van der Waals surface area contributed by atoms with Gasteiger partial charge < -0.3 is 15.0 Å². The summed E-state index contributed by atoms with van der Waals surface area (Å²) in [5.41, 5.74) is 0.975. The number of carbonyl (C=O) groups excluding carboxylic acids is 1. The molecule has 2 aromatic rings. The van der Waals surface area contributed by atoms with Gasteiger partial charge in [-0.05, 0) is 31.8 Å². The lowest BCUT2D eigenvalue weighted by Crippen LogP contribution is -2.28. The van der Waals surface area contributed by atoms with E-state index in [-0.39, 0.29) is 6.03 Å². The largest absolute Gasteiger partial charge is 0.492 e. The summed E-state index contributed by atoms with van der Waals surface area (Å²) in [6.07, 6.45) is 1.77. The first-order valence-electron chi connectivity index (χ1n) is 7.44. The first-order chi connectivity index (χ1) is 11.0. The van der Waals surface area contributed by atoms with Gasteiger partial charge in [-0.1, -0.05) is 12.1 Å². The molecule has 0 spiro atoms. The third-order valence-electron chi connectivity index (χ3n) is 3.11. The number of amides is 2. The molecule has 0 aliphatic rings. The number of rotatable bonds is 7. The number of nitrogens with zero attached hydrogens (tertiary/aromatic N) is 3. The van der Waals surface area contributed by atoms with Crippen molar-refractivity contribution in [1.29, 1.82) is 0 Å². The van der Waals surface area contributed by atoms with Gasteiger partial charge in [-0.25, -0.2) is 4.79 Å². The third-order valence-corrected chi connectivity index (χ3v) is 3.11. The van der Waals surface area contributed by atoms with E-state index in [1.54, 1.807) is 24.0 Å². The second-order valence-electron chi connectivity index (χ2n) is 5.48. The molecular weight excluding hydrogens is 294 g/mol. The number of aryl methyl sites for hydroxylation is 1. The standard InChI is InChI=1S/C16H23N5O2/c1-20(2)9-10-23-14-6-4-5-13(11-14)12-17-16(22)18-15-7-8-21(3)19-15/h4-8,11H,9-10,12H2,1-3H3,(H2,17,18,19,22). The number of ether oxygens (including phenoxy) is 1. The first-order valence-corrected chi connectivity index (χ1v) is 7.44. The molecule has 2 N–H and O–H groups in total. The fourth-order valence-electron chi connectivity index (χ4n) is 1.92. The minimum atomic E-state index is -0.289. The van der Waals surface area contributed by atoms with Crippen LogP contribution in [-0.4, -0.2) is 48.0 Å². The molecule has 23 heavy (non-hydrogen) atoms. The lowest BCUT2D eigenvalue weighted by Gasteiger charge is -2.12. The highest BCUT2D eigenvalue weighted by Crippen LogP contribution is 2.13. The Kier molecular flexibility index (Phi) is 5.99. The zero-order valence-corrected chi connectivity index (χ0v) is 13.7. The average molecular weight is 317 g/mol. The highest BCUT2D eigenvalue weighted by molar-refractivity contribution is 5.88. The lowest BCUT2D eigenvalue weighted by molar-refractivity contribution is 0.251. The second kappa shape index (κ2) is 8.19. The Bertz CT molecular complexity index is 639. The van der Waals surface area contributed by atoms with E-state index in [0.29, 0.717) is 19.0 Å². The predicted molar refractivity (Wildman–Crippen MR) is 89.6 cm³/mol. The van der Waals surface area contributed by atoms with Crippen LogP contribution in [0.15, 0.2) is 36.5 Å². The molecule has 7 heteroatoms. The van der Waals surface area contributed by atoms with Crippen LogP contribution < -0.4 is 15.4 Å². The quantitative estimate of drug-likeness (QED) is 0.815. The van der Waals surface area contributed by atoms with Gasteiger partial charge >= 0.3 is 6.03 Å². The van der Waals surface area contributed by atoms with Crippen molar-refractivity contribution in [2.75, 3.05) is 32.6 Å². The van der Waals surface area contributed by atoms with Crippen LogP contribution in [-0.2, 0) is 13.6 Å². The summed E-state index contributed by atoms with van der Waals surface area (Å²) in [5.74, 6) is 1.32. The average Bonchev–Trinajstić information content (AvgIpc) is 2.90. The summed E-state index contributed by atoms with van der Waals surface area (Å²) in [5, 5.41) is 9.56. The van der Waals surface area contributed by atoms with Crippen molar-refractivity contribution in [2.24, 2.45) is 7.05 Å². The van der Waals surface area contributed by atoms with Gasteiger partial charge in [-0.3, -0.25) is 10.00 Å². The minimum Gasteiger partial charge on any atom is -0.492 e. The highest BCUT2D eigenvalue weighted by atomic mass is 16.5. The Morgan fingerprint density at radius 1 is 1.35 bits per heavy atom. The predicted octanol–water partition coefficient (Wildman–Crippen LogP) is 1.68. The number of urea groups is 1. The van der Waals surface area contributed by atoms with E-state index in [0.717, 1.165) is 17.9 Å². The summed E-state index contributed by atoms with van der Waals surface area (Å²) in [6, 6.07) is 9.14. The minimum absolute atomic E-state index is 0.289. The summed E-state index contributed by atoms with van der Waals surface area (Å²) in [6.45, 7) is 1.91. The van der Waals surface area contributed by atoms with Crippen molar-refractivity contribution in [3.8, 4) is 5.75 Å². The molecule has 1 heterocycles. The Morgan fingerprint density at radius 3 is 2.87 bits per heavy atom. The van der Waals surface area contributed by atoms with E-state index in [1.807, 2.05) is 38.4 Å². The zero-order valence-electron chi connectivity index (χ0n) is 13.7. The van der Waals surface area contributed by atoms with E-state index in [9.17, 15) is 4.79 Å². The van der Waals surface area contributed by atoms with Crippen molar-refractivity contribution < 1.29 is 9.53 Å². The van der Waals surface area contributed by atoms with Crippen molar-refractivity contribution in [1.82, 2.24) is 20.0 Å². The molecule has 2 amide bonds. The number of anilines is 1. The molecule has 0 atom stereocenters. The van der Waals surface area contributed by atoms with Gasteiger partial charge in [0.05, 0.1) is 0 Å². The molecule has 1 aromatic carbocycles. The van der Waals surface area contributed by atoms with Crippen LogP contribution in [0.5, 0.6) is 5.75 Å². The van der Waals surface area contributed by atoms with Gasteiger partial charge in [-0.2, -0.15) is 5.10 Å². The monoisotopic (exact) mass is 317 g/mol. The number of aromatic nitrogens is 2. The maximum atomic E-state index is 11.8. The van der Waals surface area contributed by atoms with Crippen LogP contribution in [0.1, 0.15) is 5.56 Å². The SMILES string of the molecule is CN(C)CCOc1cccc(CNC(=O)Nc2ccn(C)n2)c1. The fraction of sp³-hybridized carbons (Fsp3) is 0.375. The van der Waals surface area contributed by atoms with Crippen molar-refractivity contribution in [3.05, 3.63) is 42.1 Å². The molecule has 0 bridgehead atoms. The number of hydrogen-bond acceptors (Lipinski definition) is 4. The summed E-state index contributed by atoms with van der Waals surface area (Å²) >= 11 is 0. The topological polar surface area (TPSA) is 71.4 Å². The van der Waals surface area contributed by atoms with Crippen LogP contribution in [0.4, 0.5) is 10.6 Å². The molecule has 0 saturated carbocycles. The molecule has 0 aliphatic carbocycles. The van der Waals surface area contributed by atoms with Crippen LogP contribution in [0, 0.1) is 0 Å². The molecule has 0 unspecified atom stereocenters. The zero-order chi connectivity index (χ0) is 16.7. The van der Waals surface area contributed by atoms with E-state index in [4.69, 9.17) is 4.74 Å². The molecule has 7 nitrogen and oxygen atoms in total. The number of hydrogen-bond donors (Lipinski definition) is 2. The third kappa shape index (κ3) is 5.99. The Morgan fingerprint density at radius 2 is 2.17 bits per heavy atom. The second-order valence-corrected chi connectivity index (χ2v) is 5.48. The smallest absolute Gasteiger partial charge is 0.320 e. The first kappa shape index (κ1) is 16.8. The Balaban J connectivity index is 1.79. The molecule has 0 fully saturated rings. The Labute approximate surface area is 136 Å². The summed E-state index contributed by atoms with van der Waals surface area (Å²) < 4.78 is 7.31. The van der Waals surface area contributed by atoms with Gasteiger partial charge in [0, 0.05) is 32.4 Å². The van der Waals surface area contributed by atoms with Crippen molar-refractivity contribution in [3.63, 3.8) is 0 Å². The van der Waals surface area contributed by atoms with Crippen LogP contribution in [0.25, 0.3) is 0 Å². The molecule has 0 aliphatic heterocycles. The van der Waals surface area contributed by atoms with Crippen molar-refractivity contribution >= 4 is 11.8 Å². The maximum absolute atomic E-state index is 11.8. The number of likely N-dealkylation sites (N-methyl/N-ethyl adjacent to an activating group) is 1. The molecule has 124 valence electrons. The molecule has 1 aromatic heterocycles. The normalized spacial score (nSPS) is 10.6. The van der Waals surface area contributed by atoms with Gasteiger partial charge in [0.25, 0.3) is 0 Å². The van der Waals surface area contributed by atoms with E-state index in [1.165, 1.54) is 0 Å². The maximum Gasteiger partial charge on any atom is 0.320 e. The summed E-state index contributed by atoms with van der Waals surface area (Å²) in [4.78, 5) is 13.9. The highest BCUT2D eigenvalue weighted by Gasteiger charge is 2.04. The number of benzene rings is 1. The van der Waals surface area contributed by atoms with Crippen LogP contribution >= 0.6 is 0 Å². The molecule has 0 saturated heterocycles. The molecule has 0 radical (unpaired) electrons. The van der Waals surface area contributed by atoms with Gasteiger partial charge in [0.2, 0.25) is 0 Å². The van der Waals surface area contributed by atoms with E-state index < -0.39 is 0 Å². The van der Waals surface area contributed by atoms with Gasteiger partial charge in [0.1, 0.15) is 12.4 Å². The molecule has 2 rings (SSSR count). The van der Waals surface area contributed by atoms with Gasteiger partial charge in [0.15, 0.2) is 5.82 Å². The van der Waals surface area contributed by atoms with E-state index >= 15 is 0 Å². The van der Waals surface area contributed by atoms with Gasteiger partial charge in [-0.15, -0.1) is 0 Å². The lowest BCUT2D eigenvalue weighted by atomic mass is 10.2. The Hall–Kier alpha value is -2.54. The fourth-order valence-corrected chi connectivity index (χ4v) is 1.92. The molecular formula is C16H23N5O2. The van der Waals surface area contributed by atoms with Crippen LogP contribution in [0.3, 0.4) is 0 Å².